The number of hydrogen-bond acceptors (Lipinski definition) is 4. The molecule has 1 aromatic heterocycles. The van der Waals surface area contributed by atoms with Gasteiger partial charge in [0.2, 0.25) is 0 Å². The summed E-state index contributed by atoms with van der Waals surface area (Å²) < 4.78 is 13.6. The summed E-state index contributed by atoms with van der Waals surface area (Å²) in [6, 6.07) is 5.24. The fraction of sp³-hybridized carbons (Fsp3) is 0.267. The predicted octanol–water partition coefficient (Wildman–Crippen LogP) is 3.48. The number of nitrogens with zero attached hydrogens (tertiary/aromatic N) is 3. The first kappa shape index (κ1) is 17.4. The standard InChI is InChI=1S/C15H15Cl2FN4O/c1-8(9-6-12(18)11(17)7-10(9)16)19-15(23)13-4-5-14(21-20-13)22(2)3/h4-8H,1-3H3,(H,19,23). The summed E-state index contributed by atoms with van der Waals surface area (Å²) in [6.45, 7) is 1.69. The maximum atomic E-state index is 13.6. The number of rotatable bonds is 4. The second kappa shape index (κ2) is 7.10. The fourth-order valence-corrected chi connectivity index (χ4v) is 2.45. The molecular weight excluding hydrogens is 342 g/mol. The van der Waals surface area contributed by atoms with Crippen molar-refractivity contribution >= 4 is 34.9 Å². The molecule has 5 nitrogen and oxygen atoms in total. The van der Waals surface area contributed by atoms with Gasteiger partial charge in [-0.1, -0.05) is 23.2 Å². The van der Waals surface area contributed by atoms with Crippen LogP contribution in [0.5, 0.6) is 0 Å². The monoisotopic (exact) mass is 356 g/mol. The summed E-state index contributed by atoms with van der Waals surface area (Å²) in [6.07, 6.45) is 0. The summed E-state index contributed by atoms with van der Waals surface area (Å²) in [7, 11) is 3.64. The number of nitrogens with one attached hydrogen (secondary N) is 1. The Labute approximate surface area is 143 Å². The van der Waals surface area contributed by atoms with Gasteiger partial charge in [0, 0.05) is 19.1 Å². The van der Waals surface area contributed by atoms with Gasteiger partial charge in [-0.05, 0) is 36.8 Å². The number of aromatic nitrogens is 2. The first-order chi connectivity index (χ1) is 10.8. The van der Waals surface area contributed by atoms with Crippen LogP contribution in [0.15, 0.2) is 24.3 Å². The minimum atomic E-state index is -0.595. The lowest BCUT2D eigenvalue weighted by Gasteiger charge is -2.16. The van der Waals surface area contributed by atoms with Crippen molar-refractivity contribution in [1.82, 2.24) is 15.5 Å². The summed E-state index contributed by atoms with van der Waals surface area (Å²) in [5, 5.41) is 10.7. The Kier molecular flexibility index (Phi) is 5.38. The summed E-state index contributed by atoms with van der Waals surface area (Å²) in [4.78, 5) is 14.0. The Bertz CT molecular complexity index is 722. The minimum absolute atomic E-state index is 0.0672. The van der Waals surface area contributed by atoms with Gasteiger partial charge in [0.1, 0.15) is 5.82 Å². The van der Waals surface area contributed by atoms with Crippen LogP contribution in [0.25, 0.3) is 0 Å². The number of hydrogen-bond donors (Lipinski definition) is 1. The van der Waals surface area contributed by atoms with Crippen LogP contribution in [0.1, 0.15) is 29.0 Å². The lowest BCUT2D eigenvalue weighted by Crippen LogP contribution is -2.28. The van der Waals surface area contributed by atoms with Crippen LogP contribution in [0, 0.1) is 5.82 Å². The fourth-order valence-electron chi connectivity index (χ4n) is 1.90. The first-order valence-electron chi connectivity index (χ1n) is 6.76. The number of halogens is 3. The second-order valence-electron chi connectivity index (χ2n) is 5.15. The van der Waals surface area contributed by atoms with E-state index in [2.05, 4.69) is 15.5 Å². The van der Waals surface area contributed by atoms with Crippen molar-refractivity contribution in [3.05, 3.63) is 51.4 Å². The molecule has 0 saturated carbocycles. The molecule has 0 aliphatic carbocycles. The van der Waals surface area contributed by atoms with Gasteiger partial charge in [-0.25, -0.2) is 4.39 Å². The van der Waals surface area contributed by atoms with Crippen LogP contribution in [0.4, 0.5) is 10.2 Å². The normalized spacial score (nSPS) is 11.9. The molecule has 1 N–H and O–H groups in total. The first-order valence-corrected chi connectivity index (χ1v) is 7.51. The molecule has 1 unspecified atom stereocenters. The van der Waals surface area contributed by atoms with E-state index in [0.29, 0.717) is 11.4 Å². The van der Waals surface area contributed by atoms with Gasteiger partial charge in [-0.2, -0.15) is 0 Å². The molecule has 0 bridgehead atoms. The van der Waals surface area contributed by atoms with E-state index < -0.39 is 17.8 Å². The van der Waals surface area contributed by atoms with Gasteiger partial charge < -0.3 is 10.2 Å². The highest BCUT2D eigenvalue weighted by atomic mass is 35.5. The van der Waals surface area contributed by atoms with Crippen molar-refractivity contribution in [2.24, 2.45) is 0 Å². The number of amides is 1. The smallest absolute Gasteiger partial charge is 0.272 e. The maximum Gasteiger partial charge on any atom is 0.272 e. The number of benzene rings is 1. The van der Waals surface area contributed by atoms with Gasteiger partial charge in [0.05, 0.1) is 11.1 Å². The van der Waals surface area contributed by atoms with Crippen LogP contribution in [0.2, 0.25) is 10.0 Å². The Morgan fingerprint density at radius 2 is 1.91 bits per heavy atom. The molecule has 0 spiro atoms. The third-order valence-electron chi connectivity index (χ3n) is 3.20. The van der Waals surface area contributed by atoms with Gasteiger partial charge in [0.15, 0.2) is 11.5 Å². The molecule has 1 amide bonds. The minimum Gasteiger partial charge on any atom is -0.361 e. The largest absolute Gasteiger partial charge is 0.361 e. The van der Waals surface area contributed by atoms with Crippen molar-refractivity contribution in [3.8, 4) is 0 Å². The molecule has 0 saturated heterocycles. The molecule has 122 valence electrons. The topological polar surface area (TPSA) is 58.1 Å². The van der Waals surface area contributed by atoms with E-state index in [-0.39, 0.29) is 15.7 Å². The third kappa shape index (κ3) is 4.09. The SMILES string of the molecule is CC(NC(=O)c1ccc(N(C)C)nn1)c1cc(F)c(Cl)cc1Cl. The van der Waals surface area contributed by atoms with Crippen LogP contribution in [0.3, 0.4) is 0 Å². The Hall–Kier alpha value is -1.92. The molecule has 2 rings (SSSR count). The zero-order valence-corrected chi connectivity index (χ0v) is 14.3. The van der Waals surface area contributed by atoms with Crippen LogP contribution in [-0.4, -0.2) is 30.2 Å². The van der Waals surface area contributed by atoms with Crippen molar-refractivity contribution < 1.29 is 9.18 Å². The van der Waals surface area contributed by atoms with Crippen molar-refractivity contribution in [2.45, 2.75) is 13.0 Å². The second-order valence-corrected chi connectivity index (χ2v) is 5.97. The quantitative estimate of drug-likeness (QED) is 0.852. The predicted molar refractivity (Wildman–Crippen MR) is 88.7 cm³/mol. The highest BCUT2D eigenvalue weighted by Gasteiger charge is 2.17. The number of carbonyl (C=O) groups is 1. The van der Waals surface area contributed by atoms with E-state index in [9.17, 15) is 9.18 Å². The molecule has 0 fully saturated rings. The molecule has 2 aromatic rings. The van der Waals surface area contributed by atoms with Crippen LogP contribution in [-0.2, 0) is 0 Å². The van der Waals surface area contributed by atoms with Gasteiger partial charge in [-0.15, -0.1) is 10.2 Å². The molecule has 8 heteroatoms. The van der Waals surface area contributed by atoms with E-state index in [4.69, 9.17) is 23.2 Å². The van der Waals surface area contributed by atoms with Gasteiger partial charge in [-0.3, -0.25) is 4.79 Å². The molecule has 0 aliphatic heterocycles. The molecule has 1 atom stereocenters. The summed E-state index contributed by atoms with van der Waals surface area (Å²) in [5.74, 6) is -0.388. The van der Waals surface area contributed by atoms with Crippen LogP contribution < -0.4 is 10.2 Å². The Morgan fingerprint density at radius 3 is 2.48 bits per heavy atom. The Morgan fingerprint density at radius 1 is 1.22 bits per heavy atom. The van der Waals surface area contributed by atoms with Crippen molar-refractivity contribution in [3.63, 3.8) is 0 Å². The van der Waals surface area contributed by atoms with Gasteiger partial charge >= 0.3 is 0 Å². The molecule has 0 radical (unpaired) electrons. The van der Waals surface area contributed by atoms with E-state index in [1.807, 2.05) is 14.1 Å². The highest BCUT2D eigenvalue weighted by molar-refractivity contribution is 6.35. The van der Waals surface area contributed by atoms with Gasteiger partial charge in [0.25, 0.3) is 5.91 Å². The zero-order valence-electron chi connectivity index (χ0n) is 12.8. The average molecular weight is 357 g/mol. The zero-order chi connectivity index (χ0) is 17.1. The molecular formula is C15H15Cl2FN4O. The average Bonchev–Trinajstić information content (AvgIpc) is 2.50. The Balaban J connectivity index is 2.15. The number of carbonyl (C=O) groups excluding carboxylic acids is 1. The van der Waals surface area contributed by atoms with E-state index in [0.717, 1.165) is 0 Å². The van der Waals surface area contributed by atoms with Crippen molar-refractivity contribution in [1.29, 1.82) is 0 Å². The highest BCUT2D eigenvalue weighted by Crippen LogP contribution is 2.28. The van der Waals surface area contributed by atoms with E-state index >= 15 is 0 Å². The van der Waals surface area contributed by atoms with E-state index in [1.54, 1.807) is 24.0 Å². The molecule has 1 heterocycles. The summed E-state index contributed by atoms with van der Waals surface area (Å²) in [5.41, 5.74) is 0.591. The maximum absolute atomic E-state index is 13.6. The number of anilines is 1. The summed E-state index contributed by atoms with van der Waals surface area (Å²) >= 11 is 11.7. The molecule has 1 aromatic carbocycles. The molecule has 0 aliphatic rings. The van der Waals surface area contributed by atoms with E-state index in [1.165, 1.54) is 12.1 Å². The van der Waals surface area contributed by atoms with Crippen LogP contribution >= 0.6 is 23.2 Å². The molecule has 23 heavy (non-hydrogen) atoms. The van der Waals surface area contributed by atoms with Crippen molar-refractivity contribution in [2.75, 3.05) is 19.0 Å². The lowest BCUT2D eigenvalue weighted by atomic mass is 10.1. The third-order valence-corrected chi connectivity index (χ3v) is 3.81. The lowest BCUT2D eigenvalue weighted by molar-refractivity contribution is 0.0934.